The van der Waals surface area contributed by atoms with E-state index in [4.69, 9.17) is 15.5 Å². The van der Waals surface area contributed by atoms with Crippen LogP contribution in [-0.2, 0) is 4.74 Å². The van der Waals surface area contributed by atoms with Gasteiger partial charge in [0.25, 0.3) is 0 Å². The van der Waals surface area contributed by atoms with Crippen molar-refractivity contribution in [3.05, 3.63) is 48.9 Å². The number of fused-ring (bicyclic) bond motifs is 1. The van der Waals surface area contributed by atoms with Gasteiger partial charge in [-0.2, -0.15) is 5.10 Å². The van der Waals surface area contributed by atoms with E-state index >= 15 is 0 Å². The number of hydrogen-bond acceptors (Lipinski definition) is 7. The number of benzene rings is 1. The molecule has 0 spiro atoms. The highest BCUT2D eigenvalue weighted by Crippen LogP contribution is 2.35. The van der Waals surface area contributed by atoms with Crippen molar-refractivity contribution in [2.45, 2.75) is 18.9 Å². The number of pyridine rings is 1. The smallest absolute Gasteiger partial charge is 0.133 e. The van der Waals surface area contributed by atoms with Gasteiger partial charge in [-0.15, -0.1) is 11.3 Å². The Balaban J connectivity index is 1.36. The third-order valence-electron chi connectivity index (χ3n) is 5.92. The van der Waals surface area contributed by atoms with E-state index in [0.29, 0.717) is 11.9 Å². The summed E-state index contributed by atoms with van der Waals surface area (Å²) in [5.41, 5.74) is 10.1. The van der Waals surface area contributed by atoms with Crippen molar-refractivity contribution in [3.8, 4) is 21.7 Å². The largest absolute Gasteiger partial charge is 0.383 e. The number of piperidine rings is 1. The first-order valence-corrected chi connectivity index (χ1v) is 11.4. The van der Waals surface area contributed by atoms with Crippen LogP contribution in [0, 0.1) is 0 Å². The number of rotatable bonds is 6. The van der Waals surface area contributed by atoms with Gasteiger partial charge in [0.15, 0.2) is 0 Å². The summed E-state index contributed by atoms with van der Waals surface area (Å²) in [6.45, 7) is 3.94. The second-order valence-electron chi connectivity index (χ2n) is 7.92. The lowest BCUT2D eigenvalue weighted by Gasteiger charge is -2.31. The fraction of sp³-hybridized carbons (Fsp3) is 0.348. The third kappa shape index (κ3) is 4.19. The van der Waals surface area contributed by atoms with Crippen LogP contribution in [0.25, 0.3) is 31.9 Å². The normalized spacial score (nSPS) is 15.6. The van der Waals surface area contributed by atoms with Gasteiger partial charge in [0.2, 0.25) is 0 Å². The molecule has 7 nitrogen and oxygen atoms in total. The second kappa shape index (κ2) is 8.74. The minimum Gasteiger partial charge on any atom is -0.383 e. The number of para-hydroxylation sites is 1. The van der Waals surface area contributed by atoms with Gasteiger partial charge in [-0.25, -0.2) is 9.97 Å². The predicted octanol–water partition coefficient (Wildman–Crippen LogP) is 4.09. The molecule has 5 rings (SSSR count). The van der Waals surface area contributed by atoms with Gasteiger partial charge in [-0.1, -0.05) is 12.1 Å². The molecule has 1 fully saturated rings. The molecular formula is C23H26N6OS. The monoisotopic (exact) mass is 434 g/mol. The van der Waals surface area contributed by atoms with Crippen molar-refractivity contribution in [3.63, 3.8) is 0 Å². The molecule has 31 heavy (non-hydrogen) atoms. The fourth-order valence-corrected chi connectivity index (χ4v) is 5.10. The van der Waals surface area contributed by atoms with Crippen molar-refractivity contribution >= 4 is 27.4 Å². The number of nitrogens with two attached hydrogens (primary N) is 1. The first-order valence-electron chi connectivity index (χ1n) is 10.6. The van der Waals surface area contributed by atoms with Gasteiger partial charge in [0.1, 0.15) is 10.8 Å². The van der Waals surface area contributed by atoms with Crippen LogP contribution < -0.4 is 5.73 Å². The summed E-state index contributed by atoms with van der Waals surface area (Å²) in [4.78, 5) is 11.7. The second-order valence-corrected chi connectivity index (χ2v) is 8.95. The van der Waals surface area contributed by atoms with Gasteiger partial charge in [-0.3, -0.25) is 4.68 Å². The van der Waals surface area contributed by atoms with Crippen LogP contribution in [0.1, 0.15) is 18.9 Å². The van der Waals surface area contributed by atoms with E-state index in [9.17, 15) is 0 Å². The lowest BCUT2D eigenvalue weighted by atomic mass is 10.1. The molecule has 0 amide bonds. The van der Waals surface area contributed by atoms with E-state index in [2.05, 4.69) is 38.0 Å². The molecule has 160 valence electrons. The van der Waals surface area contributed by atoms with Gasteiger partial charge in [-0.05, 0) is 31.0 Å². The summed E-state index contributed by atoms with van der Waals surface area (Å²) in [6, 6.07) is 10.6. The number of hydrogen-bond donors (Lipinski definition) is 1. The molecule has 0 unspecified atom stereocenters. The van der Waals surface area contributed by atoms with Crippen LogP contribution in [0.5, 0.6) is 0 Å². The molecule has 1 aliphatic rings. The van der Waals surface area contributed by atoms with E-state index in [-0.39, 0.29) is 0 Å². The quantitative estimate of drug-likeness (QED) is 0.492. The summed E-state index contributed by atoms with van der Waals surface area (Å²) in [6.07, 6.45) is 8.07. The zero-order valence-corrected chi connectivity index (χ0v) is 18.4. The highest BCUT2D eigenvalue weighted by Gasteiger charge is 2.21. The molecule has 3 aromatic heterocycles. The van der Waals surface area contributed by atoms with Crippen molar-refractivity contribution in [1.29, 1.82) is 0 Å². The Labute approximate surface area is 185 Å². The molecule has 4 heterocycles. The number of nitrogen functional groups attached to an aromatic ring is 1. The summed E-state index contributed by atoms with van der Waals surface area (Å²) >= 11 is 1.64. The highest BCUT2D eigenvalue weighted by atomic mass is 32.1. The number of methoxy groups -OCH3 is 1. The molecular weight excluding hydrogens is 408 g/mol. The predicted molar refractivity (Wildman–Crippen MR) is 125 cm³/mol. The summed E-state index contributed by atoms with van der Waals surface area (Å²) < 4.78 is 8.45. The molecule has 0 aliphatic carbocycles. The standard InChI is InChI=1S/C23H26N6OS/c1-30-11-10-28-8-6-18(7-9-28)29-15-17(14-26-29)16-12-19(22(24)25-13-16)23-27-20-4-2-3-5-21(20)31-23/h2-5,12-15,18H,6-11H2,1H3,(H2,24,25). The molecule has 4 aromatic rings. The van der Waals surface area contributed by atoms with Crippen LogP contribution in [-0.4, -0.2) is 58.0 Å². The van der Waals surface area contributed by atoms with Crippen LogP contribution in [0.2, 0.25) is 0 Å². The molecule has 1 aliphatic heterocycles. The molecule has 0 atom stereocenters. The summed E-state index contributed by atoms with van der Waals surface area (Å²) in [7, 11) is 1.76. The topological polar surface area (TPSA) is 82.1 Å². The maximum absolute atomic E-state index is 6.21. The number of nitrogens with zero attached hydrogens (tertiary/aromatic N) is 5. The van der Waals surface area contributed by atoms with E-state index in [1.165, 1.54) is 0 Å². The maximum atomic E-state index is 6.21. The van der Waals surface area contributed by atoms with Gasteiger partial charge in [0.05, 0.1) is 34.6 Å². The minimum atomic E-state index is 0.429. The van der Waals surface area contributed by atoms with Crippen LogP contribution >= 0.6 is 11.3 Å². The maximum Gasteiger partial charge on any atom is 0.133 e. The van der Waals surface area contributed by atoms with Crippen molar-refractivity contribution in [2.75, 3.05) is 39.1 Å². The zero-order valence-electron chi connectivity index (χ0n) is 17.6. The Morgan fingerprint density at radius 3 is 2.81 bits per heavy atom. The van der Waals surface area contributed by atoms with Crippen molar-refractivity contribution in [2.24, 2.45) is 0 Å². The molecule has 1 saturated heterocycles. The third-order valence-corrected chi connectivity index (χ3v) is 6.99. The Bertz CT molecular complexity index is 1140. The van der Waals surface area contributed by atoms with Crippen molar-refractivity contribution in [1.82, 2.24) is 24.6 Å². The highest BCUT2D eigenvalue weighted by molar-refractivity contribution is 7.21. The van der Waals surface area contributed by atoms with Crippen LogP contribution in [0.3, 0.4) is 0 Å². The Kier molecular flexibility index (Phi) is 5.67. The molecule has 8 heteroatoms. The zero-order chi connectivity index (χ0) is 21.2. The van der Waals surface area contributed by atoms with Gasteiger partial charge in [0, 0.05) is 50.3 Å². The Morgan fingerprint density at radius 2 is 2.00 bits per heavy atom. The summed E-state index contributed by atoms with van der Waals surface area (Å²) in [5.74, 6) is 0.499. The fourth-order valence-electron chi connectivity index (χ4n) is 4.11. The average Bonchev–Trinajstić information content (AvgIpc) is 3.46. The Morgan fingerprint density at radius 1 is 1.16 bits per heavy atom. The average molecular weight is 435 g/mol. The van der Waals surface area contributed by atoms with E-state index in [1.807, 2.05) is 30.6 Å². The van der Waals surface area contributed by atoms with Crippen molar-refractivity contribution < 1.29 is 4.74 Å². The molecule has 1 aromatic carbocycles. The van der Waals surface area contributed by atoms with E-state index in [1.54, 1.807) is 18.4 Å². The minimum absolute atomic E-state index is 0.429. The number of ether oxygens (including phenoxy) is 1. The number of anilines is 1. The first kappa shape index (κ1) is 20.1. The van der Waals surface area contributed by atoms with E-state index < -0.39 is 0 Å². The van der Waals surface area contributed by atoms with Gasteiger partial charge < -0.3 is 15.4 Å². The molecule has 2 N–H and O–H groups in total. The lowest BCUT2D eigenvalue weighted by Crippen LogP contribution is -2.36. The number of thiazole rings is 1. The molecule has 0 radical (unpaired) electrons. The SMILES string of the molecule is COCCN1CCC(n2cc(-c3cnc(N)c(-c4nc5ccccc5s4)c3)cn2)CC1. The molecule has 0 bridgehead atoms. The number of aromatic nitrogens is 4. The van der Waals surface area contributed by atoms with E-state index in [0.717, 1.165) is 71.0 Å². The van der Waals surface area contributed by atoms with Crippen LogP contribution in [0.4, 0.5) is 5.82 Å². The summed E-state index contributed by atoms with van der Waals surface area (Å²) in [5, 5.41) is 5.56. The van der Waals surface area contributed by atoms with Crippen LogP contribution in [0.15, 0.2) is 48.9 Å². The van der Waals surface area contributed by atoms with Gasteiger partial charge >= 0.3 is 0 Å². The molecule has 0 saturated carbocycles. The lowest BCUT2D eigenvalue weighted by molar-refractivity contribution is 0.119. The Hall–Kier alpha value is -2.81. The number of likely N-dealkylation sites (tertiary alicyclic amines) is 1. The first-order chi connectivity index (χ1) is 15.2.